The van der Waals surface area contributed by atoms with E-state index in [1.54, 1.807) is 6.26 Å². The van der Waals surface area contributed by atoms with Crippen LogP contribution in [-0.4, -0.2) is 56.4 Å². The van der Waals surface area contributed by atoms with Crippen LogP contribution >= 0.6 is 12.6 Å². The Kier molecular flexibility index (Phi) is 12.9. The van der Waals surface area contributed by atoms with Gasteiger partial charge in [-0.25, -0.2) is 0 Å². The van der Waals surface area contributed by atoms with E-state index < -0.39 is 0 Å². The summed E-state index contributed by atoms with van der Waals surface area (Å²) in [6.45, 7) is 13.0. The Morgan fingerprint density at radius 1 is 0.926 bits per heavy atom. The van der Waals surface area contributed by atoms with Gasteiger partial charge in [-0.05, 0) is 25.5 Å². The molecule has 3 aliphatic heterocycles. The first-order valence-corrected chi connectivity index (χ1v) is 10.8. The highest BCUT2D eigenvalue weighted by molar-refractivity contribution is 7.79. The molecule has 5 nitrogen and oxygen atoms in total. The fourth-order valence-electron chi connectivity index (χ4n) is 3.12. The Bertz CT molecular complexity index is 447. The molecule has 3 rings (SSSR count). The number of amides is 2. The van der Waals surface area contributed by atoms with Crippen molar-refractivity contribution in [2.24, 2.45) is 10.8 Å². The van der Waals surface area contributed by atoms with Gasteiger partial charge >= 0.3 is 0 Å². The molecule has 2 amide bonds. The summed E-state index contributed by atoms with van der Waals surface area (Å²) in [4.78, 5) is 21.9. The largest absolute Gasteiger partial charge is 0.380 e. The predicted molar refractivity (Wildman–Crippen MR) is 114 cm³/mol. The highest BCUT2D eigenvalue weighted by Crippen LogP contribution is 2.35. The van der Waals surface area contributed by atoms with Gasteiger partial charge in [-0.2, -0.15) is 12.6 Å². The monoisotopic (exact) mass is 401 g/mol. The second-order valence-electron chi connectivity index (χ2n) is 7.72. The summed E-state index contributed by atoms with van der Waals surface area (Å²) >= 11 is 3.53. The first-order chi connectivity index (χ1) is 12.8. The van der Waals surface area contributed by atoms with Crippen LogP contribution in [0.25, 0.3) is 0 Å². The van der Waals surface area contributed by atoms with Gasteiger partial charge in [0.05, 0.1) is 26.4 Å². The van der Waals surface area contributed by atoms with E-state index in [1.807, 2.05) is 0 Å². The zero-order chi connectivity index (χ0) is 20.9. The molecule has 0 aromatic rings. The fraction of sp³-hybridized carbons (Fsp3) is 0.810. The van der Waals surface area contributed by atoms with Gasteiger partial charge in [-0.3, -0.25) is 14.5 Å². The Labute approximate surface area is 171 Å². The van der Waals surface area contributed by atoms with E-state index in [2.05, 4.69) is 40.3 Å². The molecule has 27 heavy (non-hydrogen) atoms. The lowest BCUT2D eigenvalue weighted by molar-refractivity contribution is -0.135. The Balaban J connectivity index is 0.000000359. The van der Waals surface area contributed by atoms with E-state index in [4.69, 9.17) is 9.47 Å². The summed E-state index contributed by atoms with van der Waals surface area (Å²) in [5.41, 5.74) is 1.14. The van der Waals surface area contributed by atoms with E-state index in [0.29, 0.717) is 10.8 Å². The molecule has 2 fully saturated rings. The molecule has 0 aromatic heterocycles. The number of carbonyl (C=O) groups excluding carboxylic acids is 2. The molecular weight excluding hydrogens is 362 g/mol. The lowest BCUT2D eigenvalue weighted by Crippen LogP contribution is -2.41. The first-order valence-electron chi connectivity index (χ1n) is 9.91. The van der Waals surface area contributed by atoms with Gasteiger partial charge in [0, 0.05) is 30.0 Å². The van der Waals surface area contributed by atoms with Crippen molar-refractivity contribution in [3.8, 4) is 0 Å². The van der Waals surface area contributed by atoms with Gasteiger partial charge in [0.2, 0.25) is 0 Å². The topological polar surface area (TPSA) is 55.8 Å². The van der Waals surface area contributed by atoms with Gasteiger partial charge in [-0.1, -0.05) is 40.5 Å². The van der Waals surface area contributed by atoms with Crippen molar-refractivity contribution in [2.45, 2.75) is 59.8 Å². The molecule has 0 bridgehead atoms. The molecule has 0 unspecified atom stereocenters. The number of imide groups is 1. The number of carbonyl (C=O) groups is 2. The maximum absolute atomic E-state index is 10.4. The summed E-state index contributed by atoms with van der Waals surface area (Å²) < 4.78 is 10.3. The molecule has 0 radical (unpaired) electrons. The number of nitrogens with zero attached hydrogens (tertiary/aromatic N) is 1. The SMILES string of the molecule is CCCC1(C)COC1.CCCC1(CC)COC1.CN1C(=O)C=CC1=O.CS. The quantitative estimate of drug-likeness (QED) is 0.556. The second kappa shape index (κ2) is 13.3. The second-order valence-corrected chi connectivity index (χ2v) is 7.72. The van der Waals surface area contributed by atoms with E-state index in [0.717, 1.165) is 31.3 Å². The minimum Gasteiger partial charge on any atom is -0.380 e. The zero-order valence-corrected chi connectivity index (χ0v) is 18.9. The van der Waals surface area contributed by atoms with E-state index in [9.17, 15) is 9.59 Å². The number of likely N-dealkylation sites (N-methyl/N-ethyl adjacent to an activating group) is 1. The van der Waals surface area contributed by atoms with E-state index in [-0.39, 0.29) is 11.8 Å². The fourth-order valence-corrected chi connectivity index (χ4v) is 3.12. The van der Waals surface area contributed by atoms with Crippen LogP contribution < -0.4 is 0 Å². The standard InChI is InChI=1S/C8H16O.C7H14O.C5H5NO2.CH4S/c1-3-5-8(4-2)6-9-7-8;1-3-4-7(2)5-8-6-7;1-6-4(7)2-3-5(6)8;1-2/h3-7H2,1-2H3;3-6H2,1-2H3;2-3H,1H3;2H,1H3. The molecular formula is C21H39NO4S. The highest BCUT2D eigenvalue weighted by atomic mass is 32.1. The summed E-state index contributed by atoms with van der Waals surface area (Å²) in [6.07, 6.45) is 10.8. The van der Waals surface area contributed by atoms with Crippen LogP contribution in [0.4, 0.5) is 0 Å². The maximum Gasteiger partial charge on any atom is 0.253 e. The van der Waals surface area contributed by atoms with Crippen molar-refractivity contribution in [3.63, 3.8) is 0 Å². The molecule has 0 saturated carbocycles. The van der Waals surface area contributed by atoms with Gasteiger partial charge < -0.3 is 9.47 Å². The average molecular weight is 402 g/mol. The van der Waals surface area contributed by atoms with Gasteiger partial charge in [0.15, 0.2) is 0 Å². The third kappa shape index (κ3) is 8.79. The molecule has 3 aliphatic rings. The third-order valence-electron chi connectivity index (χ3n) is 5.13. The minimum absolute atomic E-state index is 0.241. The lowest BCUT2D eigenvalue weighted by atomic mass is 9.79. The van der Waals surface area contributed by atoms with E-state index >= 15 is 0 Å². The van der Waals surface area contributed by atoms with Crippen molar-refractivity contribution in [3.05, 3.63) is 12.2 Å². The van der Waals surface area contributed by atoms with Gasteiger partial charge in [-0.15, -0.1) is 0 Å². The van der Waals surface area contributed by atoms with Crippen LogP contribution in [0.5, 0.6) is 0 Å². The average Bonchev–Trinajstić information content (AvgIpc) is 2.91. The Morgan fingerprint density at radius 3 is 1.48 bits per heavy atom. The predicted octanol–water partition coefficient (Wildman–Crippen LogP) is 4.12. The van der Waals surface area contributed by atoms with Crippen LogP contribution in [0.1, 0.15) is 59.8 Å². The number of hydrogen-bond donors (Lipinski definition) is 1. The molecule has 0 aromatic carbocycles. The summed E-state index contributed by atoms with van der Waals surface area (Å²) in [7, 11) is 1.45. The number of hydrogen-bond acceptors (Lipinski definition) is 5. The molecule has 0 aliphatic carbocycles. The number of thiol groups is 1. The van der Waals surface area contributed by atoms with Crippen molar-refractivity contribution in [1.29, 1.82) is 0 Å². The van der Waals surface area contributed by atoms with Crippen LogP contribution in [-0.2, 0) is 19.1 Å². The zero-order valence-electron chi connectivity index (χ0n) is 18.0. The van der Waals surface area contributed by atoms with Crippen LogP contribution in [0.15, 0.2) is 12.2 Å². The highest BCUT2D eigenvalue weighted by Gasteiger charge is 2.35. The molecule has 158 valence electrons. The molecule has 3 heterocycles. The van der Waals surface area contributed by atoms with Crippen molar-refractivity contribution in [2.75, 3.05) is 39.7 Å². The molecule has 0 N–H and O–H groups in total. The normalized spacial score (nSPS) is 20.8. The Hall–Kier alpha value is -0.850. The lowest BCUT2D eigenvalue weighted by Gasteiger charge is -2.40. The van der Waals surface area contributed by atoms with Crippen molar-refractivity contribution < 1.29 is 19.1 Å². The summed E-state index contributed by atoms with van der Waals surface area (Å²) in [6, 6.07) is 0. The van der Waals surface area contributed by atoms with Crippen LogP contribution in [0, 0.1) is 10.8 Å². The molecule has 0 atom stereocenters. The molecule has 0 spiro atoms. The first kappa shape index (κ1) is 26.1. The maximum atomic E-state index is 10.4. The molecule has 6 heteroatoms. The molecule has 2 saturated heterocycles. The summed E-state index contributed by atoms with van der Waals surface area (Å²) in [5.74, 6) is -0.481. The van der Waals surface area contributed by atoms with Crippen molar-refractivity contribution >= 4 is 24.4 Å². The summed E-state index contributed by atoms with van der Waals surface area (Å²) in [5, 5.41) is 0. The number of ether oxygens (including phenoxy) is 2. The van der Waals surface area contributed by atoms with Crippen LogP contribution in [0.2, 0.25) is 0 Å². The smallest absolute Gasteiger partial charge is 0.253 e. The van der Waals surface area contributed by atoms with E-state index in [1.165, 1.54) is 51.3 Å². The van der Waals surface area contributed by atoms with Gasteiger partial charge in [0.25, 0.3) is 11.8 Å². The van der Waals surface area contributed by atoms with Crippen molar-refractivity contribution in [1.82, 2.24) is 4.90 Å². The third-order valence-corrected chi connectivity index (χ3v) is 5.13. The van der Waals surface area contributed by atoms with Crippen LogP contribution in [0.3, 0.4) is 0 Å². The Morgan fingerprint density at radius 2 is 1.37 bits per heavy atom. The minimum atomic E-state index is -0.241. The number of rotatable bonds is 5. The van der Waals surface area contributed by atoms with Gasteiger partial charge in [0.1, 0.15) is 0 Å².